The van der Waals surface area contributed by atoms with Gasteiger partial charge in [-0.1, -0.05) is 30.3 Å². The van der Waals surface area contributed by atoms with E-state index in [1.807, 2.05) is 18.2 Å². The highest BCUT2D eigenvalue weighted by Gasteiger charge is 2.07. The van der Waals surface area contributed by atoms with Crippen LogP contribution in [-0.2, 0) is 17.7 Å². The van der Waals surface area contributed by atoms with E-state index in [2.05, 4.69) is 46.8 Å². The molecule has 0 aromatic heterocycles. The average Bonchev–Trinajstić information content (AvgIpc) is 2.75. The Hall–Kier alpha value is -2.00. The molecular weight excluding hydrogens is 493 g/mol. The van der Waals surface area contributed by atoms with E-state index in [1.165, 1.54) is 11.1 Å². The summed E-state index contributed by atoms with van der Waals surface area (Å²) in [5, 5.41) is 6.72. The predicted octanol–water partition coefficient (Wildman–Crippen LogP) is 3.94. The molecule has 2 N–H and O–H groups in total. The van der Waals surface area contributed by atoms with E-state index >= 15 is 0 Å². The fraction of sp³-hybridized carbons (Fsp3) is 0.435. The van der Waals surface area contributed by atoms with Gasteiger partial charge >= 0.3 is 0 Å². The molecule has 0 aliphatic rings. The minimum absolute atomic E-state index is 0. The van der Waals surface area contributed by atoms with Crippen LogP contribution in [0.3, 0.4) is 0 Å². The zero-order chi connectivity index (χ0) is 20.9. The minimum Gasteiger partial charge on any atom is -0.496 e. The molecule has 2 aromatic rings. The molecule has 6 nitrogen and oxygen atoms in total. The quantitative estimate of drug-likeness (QED) is 0.201. The van der Waals surface area contributed by atoms with Crippen LogP contribution < -0.4 is 20.1 Å². The van der Waals surface area contributed by atoms with Crippen LogP contribution in [0.4, 0.5) is 0 Å². The number of hydrogen-bond donors (Lipinski definition) is 2. The fourth-order valence-electron chi connectivity index (χ4n) is 2.95. The number of hydrogen-bond acceptors (Lipinski definition) is 4. The molecule has 0 saturated heterocycles. The number of rotatable bonds is 11. The monoisotopic (exact) mass is 527 g/mol. The molecule has 0 bridgehead atoms. The van der Waals surface area contributed by atoms with Crippen LogP contribution in [0.1, 0.15) is 23.1 Å². The van der Waals surface area contributed by atoms with Crippen LogP contribution in [0.15, 0.2) is 47.5 Å². The average molecular weight is 527 g/mol. The molecule has 0 aliphatic heterocycles. The Labute approximate surface area is 197 Å². The molecule has 0 fully saturated rings. The van der Waals surface area contributed by atoms with Gasteiger partial charge in [0.25, 0.3) is 0 Å². The second kappa shape index (κ2) is 14.9. The van der Waals surface area contributed by atoms with Crippen molar-refractivity contribution in [1.29, 1.82) is 0 Å². The molecule has 0 aliphatic carbocycles. The maximum absolute atomic E-state index is 5.96. The van der Waals surface area contributed by atoms with Crippen molar-refractivity contribution in [2.45, 2.75) is 26.3 Å². The van der Waals surface area contributed by atoms with E-state index in [1.54, 1.807) is 21.3 Å². The van der Waals surface area contributed by atoms with Crippen molar-refractivity contribution in [2.24, 2.45) is 4.99 Å². The number of methoxy groups -OCH3 is 2. The van der Waals surface area contributed by atoms with Crippen LogP contribution in [-0.4, -0.2) is 47.0 Å². The summed E-state index contributed by atoms with van der Waals surface area (Å²) in [7, 11) is 5.17. The molecule has 2 aromatic carbocycles. The Morgan fingerprint density at radius 1 is 0.967 bits per heavy atom. The molecule has 0 radical (unpaired) electrons. The third-order valence-electron chi connectivity index (χ3n) is 4.52. The van der Waals surface area contributed by atoms with Crippen molar-refractivity contribution in [2.75, 3.05) is 41.0 Å². The highest BCUT2D eigenvalue weighted by atomic mass is 127. The molecule has 7 heteroatoms. The number of guanidine groups is 1. The smallest absolute Gasteiger partial charge is 0.191 e. The van der Waals surface area contributed by atoms with E-state index in [-0.39, 0.29) is 24.0 Å². The number of nitrogens with one attached hydrogen (secondary N) is 2. The molecule has 0 amide bonds. The maximum Gasteiger partial charge on any atom is 0.191 e. The molecule has 2 rings (SSSR count). The van der Waals surface area contributed by atoms with Gasteiger partial charge in [-0.2, -0.15) is 0 Å². The van der Waals surface area contributed by atoms with Gasteiger partial charge in [0.15, 0.2) is 5.96 Å². The molecule has 0 heterocycles. The lowest BCUT2D eigenvalue weighted by atomic mass is 10.1. The Morgan fingerprint density at radius 3 is 2.50 bits per heavy atom. The van der Waals surface area contributed by atoms with Crippen molar-refractivity contribution < 1.29 is 14.2 Å². The lowest BCUT2D eigenvalue weighted by Gasteiger charge is -2.16. The highest BCUT2D eigenvalue weighted by molar-refractivity contribution is 14.0. The summed E-state index contributed by atoms with van der Waals surface area (Å²) < 4.78 is 16.5. The molecule has 30 heavy (non-hydrogen) atoms. The van der Waals surface area contributed by atoms with Gasteiger partial charge in [0.1, 0.15) is 11.5 Å². The van der Waals surface area contributed by atoms with Gasteiger partial charge < -0.3 is 24.8 Å². The Morgan fingerprint density at radius 2 is 1.77 bits per heavy atom. The second-order valence-electron chi connectivity index (χ2n) is 6.72. The van der Waals surface area contributed by atoms with Crippen LogP contribution in [0.2, 0.25) is 0 Å². The van der Waals surface area contributed by atoms with Crippen molar-refractivity contribution in [3.63, 3.8) is 0 Å². The normalized spacial score (nSPS) is 10.9. The second-order valence-corrected chi connectivity index (χ2v) is 6.72. The number of aryl methyl sites for hydroxylation is 1. The highest BCUT2D eigenvalue weighted by Crippen LogP contribution is 2.20. The van der Waals surface area contributed by atoms with Gasteiger partial charge in [0.2, 0.25) is 0 Å². The van der Waals surface area contributed by atoms with Crippen molar-refractivity contribution >= 4 is 29.9 Å². The standard InChI is InChI=1S/C23H33N3O3.HI/c1-18-10-11-20(22(16-18)29-15-7-14-27-3)17-26-23(24-2)25-13-12-19-8-5-6-9-21(19)28-4;/h5-6,8-11,16H,7,12-15,17H2,1-4H3,(H2,24,25,26);1H. The molecule has 0 spiro atoms. The van der Waals surface area contributed by atoms with E-state index in [4.69, 9.17) is 14.2 Å². The number of aliphatic imine (C=N–C) groups is 1. The summed E-state index contributed by atoms with van der Waals surface area (Å²) in [6.45, 7) is 4.79. The Kier molecular flexibility index (Phi) is 12.9. The summed E-state index contributed by atoms with van der Waals surface area (Å²) >= 11 is 0. The largest absolute Gasteiger partial charge is 0.496 e. The van der Waals surface area contributed by atoms with E-state index in [0.29, 0.717) is 19.8 Å². The van der Waals surface area contributed by atoms with Crippen LogP contribution in [0.5, 0.6) is 11.5 Å². The van der Waals surface area contributed by atoms with Gasteiger partial charge in [-0.15, -0.1) is 24.0 Å². The molecular formula is C23H34IN3O3. The first-order valence-corrected chi connectivity index (χ1v) is 9.95. The molecule has 0 saturated carbocycles. The van der Waals surface area contributed by atoms with Gasteiger partial charge in [0.05, 0.1) is 13.7 Å². The topological polar surface area (TPSA) is 64.1 Å². The third-order valence-corrected chi connectivity index (χ3v) is 4.52. The van der Waals surface area contributed by atoms with Crippen LogP contribution in [0, 0.1) is 6.92 Å². The summed E-state index contributed by atoms with van der Waals surface area (Å²) in [5.74, 6) is 2.57. The van der Waals surface area contributed by atoms with Crippen molar-refractivity contribution in [1.82, 2.24) is 10.6 Å². The van der Waals surface area contributed by atoms with Gasteiger partial charge in [0, 0.05) is 45.8 Å². The summed E-state index contributed by atoms with van der Waals surface area (Å²) in [6, 6.07) is 14.3. The first kappa shape index (κ1) is 26.0. The van der Waals surface area contributed by atoms with Gasteiger partial charge in [-0.05, 0) is 36.6 Å². The number of benzene rings is 2. The summed E-state index contributed by atoms with van der Waals surface area (Å²) in [6.07, 6.45) is 1.71. The third kappa shape index (κ3) is 8.79. The number of halogens is 1. The zero-order valence-corrected chi connectivity index (χ0v) is 20.7. The molecule has 0 unspecified atom stereocenters. The maximum atomic E-state index is 5.96. The Bertz CT molecular complexity index is 784. The zero-order valence-electron chi connectivity index (χ0n) is 18.4. The first-order chi connectivity index (χ1) is 14.2. The van der Waals surface area contributed by atoms with Crippen molar-refractivity contribution in [3.05, 3.63) is 59.2 Å². The number of nitrogens with zero attached hydrogens (tertiary/aromatic N) is 1. The van der Waals surface area contributed by atoms with E-state index in [0.717, 1.165) is 42.4 Å². The summed E-state index contributed by atoms with van der Waals surface area (Å²) in [4.78, 5) is 4.32. The Balaban J connectivity index is 0.00000450. The lowest BCUT2D eigenvalue weighted by molar-refractivity contribution is 0.172. The molecule has 166 valence electrons. The van der Waals surface area contributed by atoms with Crippen LogP contribution in [0.25, 0.3) is 0 Å². The minimum atomic E-state index is 0. The van der Waals surface area contributed by atoms with Gasteiger partial charge in [-0.25, -0.2) is 0 Å². The number of ether oxygens (including phenoxy) is 3. The number of para-hydroxylation sites is 1. The lowest BCUT2D eigenvalue weighted by Crippen LogP contribution is -2.38. The SMILES string of the molecule is CN=C(NCCc1ccccc1OC)NCc1ccc(C)cc1OCCCOC.I. The van der Waals surface area contributed by atoms with Gasteiger partial charge in [-0.3, -0.25) is 4.99 Å². The fourth-order valence-corrected chi connectivity index (χ4v) is 2.95. The van der Waals surface area contributed by atoms with E-state index < -0.39 is 0 Å². The predicted molar refractivity (Wildman–Crippen MR) is 133 cm³/mol. The van der Waals surface area contributed by atoms with Crippen molar-refractivity contribution in [3.8, 4) is 11.5 Å². The van der Waals surface area contributed by atoms with E-state index in [9.17, 15) is 0 Å². The van der Waals surface area contributed by atoms with Crippen LogP contribution >= 0.6 is 24.0 Å². The molecule has 0 atom stereocenters. The summed E-state index contributed by atoms with van der Waals surface area (Å²) in [5.41, 5.74) is 3.44. The first-order valence-electron chi connectivity index (χ1n) is 9.95.